The number of aliphatic carboxylic acids is 2. The minimum atomic E-state index is -1.29. The zero-order valence-electron chi connectivity index (χ0n) is 17.5. The Kier molecular flexibility index (Phi) is 11.9. The lowest BCUT2D eigenvalue weighted by Crippen LogP contribution is -2.71. The summed E-state index contributed by atoms with van der Waals surface area (Å²) in [5.41, 5.74) is -1.29. The van der Waals surface area contributed by atoms with Gasteiger partial charge in [-0.05, 0) is 25.7 Å². The van der Waals surface area contributed by atoms with Crippen molar-refractivity contribution >= 4 is 17.8 Å². The normalized spacial score (nSPS) is 13.8. The first-order valence-electron chi connectivity index (χ1n) is 10.1. The summed E-state index contributed by atoms with van der Waals surface area (Å²) in [4.78, 5) is 34.5. The molecule has 7 nitrogen and oxygen atoms in total. The molecule has 1 amide bonds. The van der Waals surface area contributed by atoms with E-state index in [0.717, 1.165) is 44.9 Å². The summed E-state index contributed by atoms with van der Waals surface area (Å²) in [5.74, 6) is -2.19. The molecule has 0 bridgehead atoms. The molecule has 158 valence electrons. The number of nitrogens with zero attached hydrogens (tertiary/aromatic N) is 1. The van der Waals surface area contributed by atoms with E-state index in [2.05, 4.69) is 5.32 Å². The topological polar surface area (TPSA) is 107 Å². The molecule has 0 saturated carbocycles. The number of hydrogen-bond donors (Lipinski definition) is 2. The van der Waals surface area contributed by atoms with Crippen LogP contribution in [-0.2, 0) is 14.4 Å². The first-order valence-corrected chi connectivity index (χ1v) is 10.1. The summed E-state index contributed by atoms with van der Waals surface area (Å²) in [6.07, 6.45) is 9.00. The average molecular weight is 387 g/mol. The van der Waals surface area contributed by atoms with Gasteiger partial charge in [0.15, 0.2) is 0 Å². The predicted molar refractivity (Wildman–Crippen MR) is 103 cm³/mol. The zero-order chi connectivity index (χ0) is 20.9. The van der Waals surface area contributed by atoms with Crippen LogP contribution in [0.3, 0.4) is 0 Å². The van der Waals surface area contributed by atoms with Crippen LogP contribution in [0.2, 0.25) is 0 Å². The van der Waals surface area contributed by atoms with E-state index < -0.39 is 17.6 Å². The number of hydrogen-bond acceptors (Lipinski definition) is 4. The second-order valence-electron chi connectivity index (χ2n) is 8.18. The standard InChI is InChI=1S/C20H38N2O5/c1-5-16-20(19(26)27,22(2,3)4)21-17(23)14-12-10-8-6-7-9-11-13-15-18(24)25/h5-16H2,1-4H3,(H2-,21,23,24,25,26,27). The molecule has 27 heavy (non-hydrogen) atoms. The quantitative estimate of drug-likeness (QED) is 0.240. The Morgan fingerprint density at radius 1 is 0.889 bits per heavy atom. The molecule has 0 aliphatic heterocycles. The third-order valence-corrected chi connectivity index (χ3v) is 4.99. The van der Waals surface area contributed by atoms with Crippen LogP contribution >= 0.6 is 0 Å². The lowest BCUT2D eigenvalue weighted by molar-refractivity contribution is -0.917. The van der Waals surface area contributed by atoms with Gasteiger partial charge in [0, 0.05) is 18.8 Å². The number of rotatable bonds is 16. The van der Waals surface area contributed by atoms with Crippen molar-refractivity contribution < 1.29 is 29.1 Å². The minimum Gasteiger partial charge on any atom is -0.550 e. The SMILES string of the molecule is CCCC(NC(=O)CCCCCCCCCCC(=O)[O-])(C(=O)O)[N+](C)(C)C. The number of carbonyl (C=O) groups is 3. The van der Waals surface area contributed by atoms with Crippen LogP contribution < -0.4 is 10.4 Å². The summed E-state index contributed by atoms with van der Waals surface area (Å²) >= 11 is 0. The maximum Gasteiger partial charge on any atom is 0.388 e. The summed E-state index contributed by atoms with van der Waals surface area (Å²) in [7, 11) is 5.37. The highest BCUT2D eigenvalue weighted by atomic mass is 16.4. The fourth-order valence-electron chi connectivity index (χ4n) is 3.28. The highest BCUT2D eigenvalue weighted by molar-refractivity contribution is 5.85. The van der Waals surface area contributed by atoms with Gasteiger partial charge in [-0.1, -0.05) is 45.4 Å². The van der Waals surface area contributed by atoms with Crippen LogP contribution in [0.1, 0.15) is 84.0 Å². The van der Waals surface area contributed by atoms with Gasteiger partial charge >= 0.3 is 5.97 Å². The molecule has 0 aromatic rings. The van der Waals surface area contributed by atoms with E-state index in [0.29, 0.717) is 25.7 Å². The average Bonchev–Trinajstić information content (AvgIpc) is 2.54. The molecule has 0 fully saturated rings. The molecule has 0 rings (SSSR count). The van der Waals surface area contributed by atoms with Gasteiger partial charge in [0.2, 0.25) is 5.91 Å². The molecular weight excluding hydrogens is 348 g/mol. The predicted octanol–water partition coefficient (Wildman–Crippen LogP) is 2.04. The van der Waals surface area contributed by atoms with Gasteiger partial charge in [0.05, 0.1) is 21.1 Å². The van der Waals surface area contributed by atoms with E-state index in [9.17, 15) is 24.6 Å². The van der Waals surface area contributed by atoms with E-state index in [4.69, 9.17) is 0 Å². The van der Waals surface area contributed by atoms with Crippen LogP contribution in [0.15, 0.2) is 0 Å². The molecule has 2 N–H and O–H groups in total. The third kappa shape index (κ3) is 9.75. The van der Waals surface area contributed by atoms with Gasteiger partial charge < -0.3 is 15.0 Å². The number of likely N-dealkylation sites (N-methyl/N-ethyl adjacent to an activating group) is 1. The van der Waals surface area contributed by atoms with Crippen molar-refractivity contribution in [2.24, 2.45) is 0 Å². The van der Waals surface area contributed by atoms with Crippen molar-refractivity contribution in [1.82, 2.24) is 5.32 Å². The smallest absolute Gasteiger partial charge is 0.388 e. The Balaban J connectivity index is 4.10. The second kappa shape index (κ2) is 12.7. The van der Waals surface area contributed by atoms with Crippen LogP contribution in [0.25, 0.3) is 0 Å². The molecule has 0 aliphatic carbocycles. The number of carboxylic acid groups (broad SMARTS) is 2. The Morgan fingerprint density at radius 2 is 1.33 bits per heavy atom. The number of unbranched alkanes of at least 4 members (excludes halogenated alkanes) is 7. The largest absolute Gasteiger partial charge is 0.550 e. The van der Waals surface area contributed by atoms with E-state index in [-0.39, 0.29) is 16.8 Å². The maximum absolute atomic E-state index is 12.3. The number of carboxylic acids is 2. The fraction of sp³-hybridized carbons (Fsp3) is 0.850. The van der Waals surface area contributed by atoms with Gasteiger partial charge in [-0.3, -0.25) is 14.6 Å². The number of quaternary nitrogens is 1. The monoisotopic (exact) mass is 386 g/mol. The van der Waals surface area contributed by atoms with Crippen molar-refractivity contribution in [2.75, 3.05) is 21.1 Å². The van der Waals surface area contributed by atoms with Crippen molar-refractivity contribution in [1.29, 1.82) is 0 Å². The molecule has 7 heteroatoms. The Bertz CT molecular complexity index is 473. The van der Waals surface area contributed by atoms with E-state index >= 15 is 0 Å². The van der Waals surface area contributed by atoms with Crippen LogP contribution in [0, 0.1) is 0 Å². The first kappa shape index (κ1) is 25.4. The van der Waals surface area contributed by atoms with Crippen molar-refractivity contribution in [3.63, 3.8) is 0 Å². The lowest BCUT2D eigenvalue weighted by Gasteiger charge is -2.43. The summed E-state index contributed by atoms with van der Waals surface area (Å²) in [6, 6.07) is 0. The third-order valence-electron chi connectivity index (χ3n) is 4.99. The Morgan fingerprint density at radius 3 is 1.70 bits per heavy atom. The van der Waals surface area contributed by atoms with Crippen LogP contribution in [0.5, 0.6) is 0 Å². The molecule has 0 heterocycles. The zero-order valence-corrected chi connectivity index (χ0v) is 17.5. The van der Waals surface area contributed by atoms with Crippen molar-refractivity contribution in [2.45, 2.75) is 89.6 Å². The molecule has 0 aliphatic rings. The van der Waals surface area contributed by atoms with Gasteiger partial charge in [-0.15, -0.1) is 0 Å². The molecule has 1 unspecified atom stereocenters. The Hall–Kier alpha value is -1.63. The second-order valence-corrected chi connectivity index (χ2v) is 8.18. The number of nitrogens with one attached hydrogen (secondary N) is 1. The highest BCUT2D eigenvalue weighted by Gasteiger charge is 2.51. The maximum atomic E-state index is 12.3. The molecule has 0 radical (unpaired) electrons. The molecule has 0 saturated heterocycles. The van der Waals surface area contributed by atoms with E-state index in [1.807, 2.05) is 6.92 Å². The molecule has 1 atom stereocenters. The Labute approximate surface area is 163 Å². The summed E-state index contributed by atoms with van der Waals surface area (Å²) in [6.45, 7) is 1.91. The van der Waals surface area contributed by atoms with Gasteiger partial charge in [-0.2, -0.15) is 0 Å². The van der Waals surface area contributed by atoms with Crippen LogP contribution in [0.4, 0.5) is 0 Å². The molecule has 0 spiro atoms. The number of amides is 1. The van der Waals surface area contributed by atoms with Crippen molar-refractivity contribution in [3.05, 3.63) is 0 Å². The fourth-order valence-corrected chi connectivity index (χ4v) is 3.28. The van der Waals surface area contributed by atoms with E-state index in [1.54, 1.807) is 21.1 Å². The highest BCUT2D eigenvalue weighted by Crippen LogP contribution is 2.23. The molecule has 0 aromatic heterocycles. The van der Waals surface area contributed by atoms with Gasteiger partial charge in [0.25, 0.3) is 5.66 Å². The lowest BCUT2D eigenvalue weighted by atomic mass is 9.99. The molecule has 0 aromatic carbocycles. The summed E-state index contributed by atoms with van der Waals surface area (Å²) in [5, 5.41) is 22.8. The molecular formula is C20H38N2O5. The van der Waals surface area contributed by atoms with Crippen LogP contribution in [-0.4, -0.2) is 54.2 Å². The van der Waals surface area contributed by atoms with Gasteiger partial charge in [0.1, 0.15) is 0 Å². The van der Waals surface area contributed by atoms with Crippen molar-refractivity contribution in [3.8, 4) is 0 Å². The first-order chi connectivity index (χ1) is 12.6. The summed E-state index contributed by atoms with van der Waals surface area (Å²) < 4.78 is 0.139. The van der Waals surface area contributed by atoms with Gasteiger partial charge in [-0.25, -0.2) is 4.79 Å². The van der Waals surface area contributed by atoms with E-state index in [1.165, 1.54) is 0 Å². The minimum absolute atomic E-state index is 0.137. The number of carbonyl (C=O) groups excluding carboxylic acids is 2.